The molecule has 1 aromatic rings. The molecule has 2 aliphatic rings. The van der Waals surface area contributed by atoms with Crippen LogP contribution in [0.5, 0.6) is 0 Å². The summed E-state index contributed by atoms with van der Waals surface area (Å²) >= 11 is 0. The number of ether oxygens (including phenoxy) is 1. The Labute approximate surface area is 105 Å². The van der Waals surface area contributed by atoms with Crippen molar-refractivity contribution in [3.63, 3.8) is 0 Å². The highest BCUT2D eigenvalue weighted by Crippen LogP contribution is 2.39. The number of hydrogen-bond donors (Lipinski definition) is 3. The molecule has 5 N–H and O–H groups in total. The summed E-state index contributed by atoms with van der Waals surface area (Å²) in [5.41, 5.74) is 11.6. The maximum Gasteiger partial charge on any atom is 0.250 e. The van der Waals surface area contributed by atoms with E-state index in [-0.39, 0.29) is 18.2 Å². The maximum absolute atomic E-state index is 10.9. The molecule has 2 fully saturated rings. The van der Waals surface area contributed by atoms with Crippen molar-refractivity contribution in [2.24, 2.45) is 17.4 Å². The van der Waals surface area contributed by atoms with Gasteiger partial charge < -0.3 is 21.5 Å². The van der Waals surface area contributed by atoms with Crippen molar-refractivity contribution in [1.29, 1.82) is 0 Å². The van der Waals surface area contributed by atoms with Crippen LogP contribution in [-0.4, -0.2) is 35.7 Å². The van der Waals surface area contributed by atoms with Gasteiger partial charge in [-0.2, -0.15) is 0 Å². The Balaban J connectivity index is 1.68. The Morgan fingerprint density at radius 3 is 3.00 bits per heavy atom. The fraction of sp³-hybridized carbons (Fsp3) is 0.500. The molecular formula is C12H16N4O2. The molecule has 0 bridgehead atoms. The fourth-order valence-corrected chi connectivity index (χ4v) is 2.72. The minimum atomic E-state index is -0.478. The van der Waals surface area contributed by atoms with E-state index in [2.05, 4.69) is 10.3 Å². The van der Waals surface area contributed by atoms with Gasteiger partial charge in [-0.05, 0) is 18.6 Å². The van der Waals surface area contributed by atoms with Crippen molar-refractivity contribution in [2.45, 2.75) is 24.6 Å². The number of fused-ring (bicyclic) bond motifs is 1. The first-order chi connectivity index (χ1) is 8.66. The number of anilines is 1. The summed E-state index contributed by atoms with van der Waals surface area (Å²) < 4.78 is 5.62. The van der Waals surface area contributed by atoms with E-state index in [0.717, 1.165) is 13.0 Å². The Morgan fingerprint density at radius 2 is 2.33 bits per heavy atom. The van der Waals surface area contributed by atoms with Crippen LogP contribution in [0.25, 0.3) is 0 Å². The lowest BCUT2D eigenvalue weighted by Gasteiger charge is -2.45. The smallest absolute Gasteiger partial charge is 0.250 e. The summed E-state index contributed by atoms with van der Waals surface area (Å²) in [5, 5.41) is 3.25. The van der Waals surface area contributed by atoms with Gasteiger partial charge in [0.25, 0.3) is 0 Å². The molecule has 6 nitrogen and oxygen atoms in total. The van der Waals surface area contributed by atoms with E-state index in [9.17, 15) is 4.79 Å². The molecule has 18 heavy (non-hydrogen) atoms. The molecule has 1 saturated heterocycles. The molecule has 1 saturated carbocycles. The van der Waals surface area contributed by atoms with Crippen LogP contribution >= 0.6 is 0 Å². The van der Waals surface area contributed by atoms with Crippen LogP contribution in [0.2, 0.25) is 0 Å². The van der Waals surface area contributed by atoms with Crippen LogP contribution < -0.4 is 16.8 Å². The summed E-state index contributed by atoms with van der Waals surface area (Å²) in [7, 11) is 0. The molecule has 6 heteroatoms. The average molecular weight is 248 g/mol. The summed E-state index contributed by atoms with van der Waals surface area (Å²) in [6.45, 7) is 0.787. The van der Waals surface area contributed by atoms with Crippen molar-refractivity contribution in [3.05, 3.63) is 23.9 Å². The topological polar surface area (TPSA) is 103 Å². The van der Waals surface area contributed by atoms with Crippen LogP contribution in [0.4, 0.5) is 5.82 Å². The molecular weight excluding hydrogens is 232 g/mol. The molecule has 1 aliphatic carbocycles. The number of rotatable bonds is 3. The van der Waals surface area contributed by atoms with E-state index in [1.54, 1.807) is 12.1 Å². The van der Waals surface area contributed by atoms with Crippen molar-refractivity contribution < 1.29 is 9.53 Å². The van der Waals surface area contributed by atoms with E-state index in [1.807, 2.05) is 0 Å². The number of carbonyl (C=O) groups excluding carboxylic acids is 1. The van der Waals surface area contributed by atoms with Gasteiger partial charge in [-0.15, -0.1) is 0 Å². The number of hydrogen-bond acceptors (Lipinski definition) is 5. The summed E-state index contributed by atoms with van der Waals surface area (Å²) in [4.78, 5) is 15.1. The Hall–Kier alpha value is -1.66. The standard InChI is InChI=1S/C12H16N4O2/c13-9-7-3-4-18-11(7)10(9)16-8-2-1-6(5-15-8)12(14)17/h1-2,5,7,9-11H,3-4,13H2,(H2,14,17)(H,15,16). The number of pyridine rings is 1. The second-order valence-electron chi connectivity index (χ2n) is 4.83. The van der Waals surface area contributed by atoms with Gasteiger partial charge in [0, 0.05) is 24.8 Å². The minimum absolute atomic E-state index is 0.101. The monoisotopic (exact) mass is 248 g/mol. The number of primary amides is 1. The molecule has 1 aromatic heterocycles. The molecule has 4 atom stereocenters. The van der Waals surface area contributed by atoms with Gasteiger partial charge in [0.05, 0.1) is 17.7 Å². The van der Waals surface area contributed by atoms with Gasteiger partial charge in [-0.25, -0.2) is 4.98 Å². The number of nitrogens with two attached hydrogens (primary N) is 2. The second kappa shape index (κ2) is 4.22. The van der Waals surface area contributed by atoms with Gasteiger partial charge in [0.15, 0.2) is 0 Å². The lowest BCUT2D eigenvalue weighted by Crippen LogP contribution is -2.65. The molecule has 96 valence electrons. The van der Waals surface area contributed by atoms with Gasteiger partial charge in [0.1, 0.15) is 5.82 Å². The third-order valence-corrected chi connectivity index (χ3v) is 3.81. The summed E-state index contributed by atoms with van der Waals surface area (Å²) in [5.74, 6) is 0.676. The summed E-state index contributed by atoms with van der Waals surface area (Å²) in [6, 6.07) is 3.59. The zero-order valence-electron chi connectivity index (χ0n) is 9.87. The van der Waals surface area contributed by atoms with E-state index in [0.29, 0.717) is 17.3 Å². The van der Waals surface area contributed by atoms with Crippen molar-refractivity contribution in [3.8, 4) is 0 Å². The van der Waals surface area contributed by atoms with Gasteiger partial charge >= 0.3 is 0 Å². The summed E-state index contributed by atoms with van der Waals surface area (Å²) in [6.07, 6.45) is 2.69. The molecule has 4 unspecified atom stereocenters. The average Bonchev–Trinajstić information content (AvgIpc) is 2.81. The zero-order valence-corrected chi connectivity index (χ0v) is 9.87. The number of nitrogens with one attached hydrogen (secondary N) is 1. The SMILES string of the molecule is NC(=O)c1ccc(NC2C(N)C3CCOC32)nc1. The molecule has 2 heterocycles. The van der Waals surface area contributed by atoms with Crippen molar-refractivity contribution in [1.82, 2.24) is 4.98 Å². The quantitative estimate of drug-likeness (QED) is 0.682. The predicted octanol–water partition coefficient (Wildman–Crippen LogP) is -0.293. The highest BCUT2D eigenvalue weighted by atomic mass is 16.5. The Morgan fingerprint density at radius 1 is 1.50 bits per heavy atom. The molecule has 0 aromatic carbocycles. The molecule has 0 spiro atoms. The predicted molar refractivity (Wildman–Crippen MR) is 66.0 cm³/mol. The first-order valence-electron chi connectivity index (χ1n) is 6.06. The molecule has 3 rings (SSSR count). The third-order valence-electron chi connectivity index (χ3n) is 3.81. The third kappa shape index (κ3) is 1.74. The number of nitrogens with zero attached hydrogens (tertiary/aromatic N) is 1. The normalized spacial score (nSPS) is 33.6. The van der Waals surface area contributed by atoms with E-state index < -0.39 is 5.91 Å². The Bertz CT molecular complexity index is 462. The minimum Gasteiger partial charge on any atom is -0.376 e. The van der Waals surface area contributed by atoms with Gasteiger partial charge in [0.2, 0.25) is 5.91 Å². The lowest BCUT2D eigenvalue weighted by atomic mass is 9.72. The molecule has 1 aliphatic heterocycles. The lowest BCUT2D eigenvalue weighted by molar-refractivity contribution is 0.00524. The molecule has 0 radical (unpaired) electrons. The van der Waals surface area contributed by atoms with Crippen molar-refractivity contribution in [2.75, 3.05) is 11.9 Å². The highest BCUT2D eigenvalue weighted by Gasteiger charge is 2.52. The first kappa shape index (κ1) is 11.4. The maximum atomic E-state index is 10.9. The van der Waals surface area contributed by atoms with Gasteiger partial charge in [-0.3, -0.25) is 4.79 Å². The highest BCUT2D eigenvalue weighted by molar-refractivity contribution is 5.92. The fourth-order valence-electron chi connectivity index (χ4n) is 2.72. The second-order valence-corrected chi connectivity index (χ2v) is 4.83. The zero-order chi connectivity index (χ0) is 12.7. The van der Waals surface area contributed by atoms with Crippen LogP contribution in [-0.2, 0) is 4.74 Å². The van der Waals surface area contributed by atoms with Crippen LogP contribution in [0.15, 0.2) is 18.3 Å². The largest absolute Gasteiger partial charge is 0.376 e. The van der Waals surface area contributed by atoms with E-state index >= 15 is 0 Å². The Kier molecular flexibility index (Phi) is 2.68. The van der Waals surface area contributed by atoms with Crippen LogP contribution in [0.1, 0.15) is 16.8 Å². The number of aromatic nitrogens is 1. The first-order valence-corrected chi connectivity index (χ1v) is 6.06. The number of carbonyl (C=O) groups is 1. The van der Waals surface area contributed by atoms with Crippen LogP contribution in [0, 0.1) is 5.92 Å². The number of amides is 1. The van der Waals surface area contributed by atoms with Crippen LogP contribution in [0.3, 0.4) is 0 Å². The van der Waals surface area contributed by atoms with Gasteiger partial charge in [-0.1, -0.05) is 0 Å². The van der Waals surface area contributed by atoms with E-state index in [4.69, 9.17) is 16.2 Å². The molecule has 1 amide bonds. The van der Waals surface area contributed by atoms with Crippen molar-refractivity contribution >= 4 is 11.7 Å². The van der Waals surface area contributed by atoms with E-state index in [1.165, 1.54) is 6.20 Å².